The van der Waals surface area contributed by atoms with Gasteiger partial charge < -0.3 is 9.88 Å². The number of aromatic nitrogens is 2. The molecule has 2 saturated carbocycles. The first kappa shape index (κ1) is 8.33. The number of nitrogens with one attached hydrogen (secondary N) is 1. The maximum Gasteiger partial charge on any atom is 0.203 e. The highest BCUT2D eigenvalue weighted by molar-refractivity contribution is 5.28. The summed E-state index contributed by atoms with van der Waals surface area (Å²) in [4.78, 5) is 4.35. The average Bonchev–Trinajstić information content (AvgIpc) is 3.08. The van der Waals surface area contributed by atoms with Crippen LogP contribution in [0.25, 0.3) is 0 Å². The SMILES string of the molecule is CC1CC1CNc1nccn1C1CC1. The second-order valence-electron chi connectivity index (χ2n) is 4.74. The monoisotopic (exact) mass is 191 g/mol. The largest absolute Gasteiger partial charge is 0.355 e. The normalized spacial score (nSPS) is 30.4. The van der Waals surface area contributed by atoms with Crippen LogP contribution in [0.1, 0.15) is 32.2 Å². The van der Waals surface area contributed by atoms with E-state index in [4.69, 9.17) is 0 Å². The van der Waals surface area contributed by atoms with E-state index in [2.05, 4.69) is 28.0 Å². The quantitative estimate of drug-likeness (QED) is 0.791. The van der Waals surface area contributed by atoms with E-state index in [9.17, 15) is 0 Å². The van der Waals surface area contributed by atoms with Gasteiger partial charge in [-0.1, -0.05) is 6.92 Å². The Hall–Kier alpha value is -0.990. The highest BCUT2D eigenvalue weighted by Crippen LogP contribution is 2.39. The fourth-order valence-electron chi connectivity index (χ4n) is 2.00. The van der Waals surface area contributed by atoms with E-state index in [1.165, 1.54) is 19.3 Å². The molecule has 1 heterocycles. The Bertz CT molecular complexity index is 327. The van der Waals surface area contributed by atoms with Gasteiger partial charge in [0.15, 0.2) is 0 Å². The third-order valence-corrected chi connectivity index (χ3v) is 3.41. The summed E-state index contributed by atoms with van der Waals surface area (Å²) < 4.78 is 2.28. The van der Waals surface area contributed by atoms with Crippen LogP contribution in [0, 0.1) is 11.8 Å². The molecular weight excluding hydrogens is 174 g/mol. The zero-order chi connectivity index (χ0) is 9.54. The second-order valence-corrected chi connectivity index (χ2v) is 4.74. The highest BCUT2D eigenvalue weighted by Gasteiger charge is 2.32. The van der Waals surface area contributed by atoms with Gasteiger partial charge in [0.2, 0.25) is 5.95 Å². The fourth-order valence-corrected chi connectivity index (χ4v) is 2.00. The summed E-state index contributed by atoms with van der Waals surface area (Å²) in [6.07, 6.45) is 8.03. The van der Waals surface area contributed by atoms with Crippen LogP contribution in [0.2, 0.25) is 0 Å². The maximum atomic E-state index is 4.35. The van der Waals surface area contributed by atoms with Crippen molar-refractivity contribution in [3.8, 4) is 0 Å². The summed E-state index contributed by atoms with van der Waals surface area (Å²) in [6, 6.07) is 0.733. The highest BCUT2D eigenvalue weighted by atomic mass is 15.2. The van der Waals surface area contributed by atoms with Gasteiger partial charge in [-0.2, -0.15) is 0 Å². The molecule has 0 spiro atoms. The summed E-state index contributed by atoms with van der Waals surface area (Å²) in [7, 11) is 0. The lowest BCUT2D eigenvalue weighted by atomic mass is 10.3. The van der Waals surface area contributed by atoms with Gasteiger partial charge in [0, 0.05) is 25.0 Å². The Morgan fingerprint density at radius 3 is 3.00 bits per heavy atom. The Labute approximate surface area is 84.5 Å². The first-order valence-electron chi connectivity index (χ1n) is 5.61. The molecule has 2 unspecified atom stereocenters. The van der Waals surface area contributed by atoms with E-state index in [1.54, 1.807) is 0 Å². The number of anilines is 1. The third kappa shape index (κ3) is 1.51. The first-order chi connectivity index (χ1) is 6.84. The maximum absolute atomic E-state index is 4.35. The number of hydrogen-bond donors (Lipinski definition) is 1. The number of rotatable bonds is 4. The molecule has 0 amide bonds. The smallest absolute Gasteiger partial charge is 0.203 e. The molecule has 2 atom stereocenters. The number of hydrogen-bond acceptors (Lipinski definition) is 2. The zero-order valence-electron chi connectivity index (χ0n) is 8.61. The molecule has 2 aliphatic carbocycles. The molecule has 3 heteroatoms. The molecule has 14 heavy (non-hydrogen) atoms. The van der Waals surface area contributed by atoms with E-state index in [0.717, 1.165) is 30.4 Å². The van der Waals surface area contributed by atoms with Gasteiger partial charge in [-0.3, -0.25) is 0 Å². The molecule has 0 radical (unpaired) electrons. The Morgan fingerprint density at radius 2 is 2.36 bits per heavy atom. The van der Waals surface area contributed by atoms with E-state index >= 15 is 0 Å². The standard InChI is InChI=1S/C11H17N3/c1-8-6-9(8)7-13-11-12-4-5-14(11)10-2-3-10/h4-5,8-10H,2-3,6-7H2,1H3,(H,12,13). The average molecular weight is 191 g/mol. The molecule has 0 aliphatic heterocycles. The number of imidazole rings is 1. The van der Waals surface area contributed by atoms with Crippen LogP contribution in [-0.4, -0.2) is 16.1 Å². The minimum Gasteiger partial charge on any atom is -0.355 e. The van der Waals surface area contributed by atoms with Crippen LogP contribution in [-0.2, 0) is 0 Å². The molecule has 76 valence electrons. The van der Waals surface area contributed by atoms with Gasteiger partial charge in [-0.25, -0.2) is 4.98 Å². The third-order valence-electron chi connectivity index (χ3n) is 3.41. The van der Waals surface area contributed by atoms with Crippen LogP contribution >= 0.6 is 0 Å². The molecule has 3 rings (SSSR count). The van der Waals surface area contributed by atoms with Crippen molar-refractivity contribution in [2.24, 2.45) is 11.8 Å². The van der Waals surface area contributed by atoms with E-state index in [-0.39, 0.29) is 0 Å². The molecular formula is C11H17N3. The molecule has 0 aromatic carbocycles. The van der Waals surface area contributed by atoms with E-state index < -0.39 is 0 Å². The lowest BCUT2D eigenvalue weighted by molar-refractivity contribution is 0.724. The van der Waals surface area contributed by atoms with Crippen LogP contribution in [0.5, 0.6) is 0 Å². The van der Waals surface area contributed by atoms with Crippen molar-refractivity contribution in [3.05, 3.63) is 12.4 Å². The molecule has 1 aromatic rings. The predicted octanol–water partition coefficient (Wildman–Crippen LogP) is 2.29. The van der Waals surface area contributed by atoms with Crippen molar-refractivity contribution < 1.29 is 0 Å². The lowest BCUT2D eigenvalue weighted by Gasteiger charge is -2.07. The minimum absolute atomic E-state index is 0.733. The summed E-state index contributed by atoms with van der Waals surface area (Å²) in [5.74, 6) is 2.89. The fraction of sp³-hybridized carbons (Fsp3) is 0.727. The van der Waals surface area contributed by atoms with E-state index in [0.29, 0.717) is 0 Å². The Kier molecular flexibility index (Phi) is 1.79. The molecule has 1 aromatic heterocycles. The van der Waals surface area contributed by atoms with Crippen LogP contribution in [0.15, 0.2) is 12.4 Å². The summed E-state index contributed by atoms with van der Waals surface area (Å²) in [6.45, 7) is 3.42. The Balaban J connectivity index is 1.61. The van der Waals surface area contributed by atoms with Gasteiger partial charge in [-0.05, 0) is 31.1 Å². The van der Waals surface area contributed by atoms with Gasteiger partial charge in [0.05, 0.1) is 0 Å². The number of nitrogens with zero attached hydrogens (tertiary/aromatic N) is 2. The zero-order valence-corrected chi connectivity index (χ0v) is 8.61. The topological polar surface area (TPSA) is 29.9 Å². The lowest BCUT2D eigenvalue weighted by Crippen LogP contribution is -2.09. The molecule has 0 saturated heterocycles. The van der Waals surface area contributed by atoms with Gasteiger partial charge in [-0.15, -0.1) is 0 Å². The van der Waals surface area contributed by atoms with Crippen LogP contribution in [0.4, 0.5) is 5.95 Å². The van der Waals surface area contributed by atoms with Crippen LogP contribution in [0.3, 0.4) is 0 Å². The predicted molar refractivity (Wildman–Crippen MR) is 56.3 cm³/mol. The summed E-state index contributed by atoms with van der Waals surface area (Å²) in [5, 5.41) is 3.46. The van der Waals surface area contributed by atoms with Gasteiger partial charge in [0.25, 0.3) is 0 Å². The second kappa shape index (κ2) is 3.01. The van der Waals surface area contributed by atoms with Crippen molar-refractivity contribution in [2.75, 3.05) is 11.9 Å². The summed E-state index contributed by atoms with van der Waals surface area (Å²) >= 11 is 0. The Morgan fingerprint density at radius 1 is 1.57 bits per heavy atom. The first-order valence-corrected chi connectivity index (χ1v) is 5.61. The van der Waals surface area contributed by atoms with Crippen LogP contribution < -0.4 is 5.32 Å². The van der Waals surface area contributed by atoms with Crippen molar-refractivity contribution in [1.82, 2.24) is 9.55 Å². The van der Waals surface area contributed by atoms with Gasteiger partial charge >= 0.3 is 0 Å². The molecule has 3 nitrogen and oxygen atoms in total. The van der Waals surface area contributed by atoms with Crippen molar-refractivity contribution in [1.29, 1.82) is 0 Å². The molecule has 1 N–H and O–H groups in total. The molecule has 2 fully saturated rings. The molecule has 2 aliphatic rings. The van der Waals surface area contributed by atoms with Crippen molar-refractivity contribution in [3.63, 3.8) is 0 Å². The molecule has 0 bridgehead atoms. The van der Waals surface area contributed by atoms with Crippen molar-refractivity contribution >= 4 is 5.95 Å². The van der Waals surface area contributed by atoms with Gasteiger partial charge in [0.1, 0.15) is 0 Å². The van der Waals surface area contributed by atoms with E-state index in [1.807, 2.05) is 6.20 Å². The summed E-state index contributed by atoms with van der Waals surface area (Å²) in [5.41, 5.74) is 0. The van der Waals surface area contributed by atoms with Crippen molar-refractivity contribution in [2.45, 2.75) is 32.2 Å². The minimum atomic E-state index is 0.733.